The van der Waals surface area contributed by atoms with Crippen LogP contribution in [0.4, 0.5) is 18.0 Å². The van der Waals surface area contributed by atoms with Gasteiger partial charge in [0.1, 0.15) is 12.1 Å². The average molecular weight is 585 g/mol. The van der Waals surface area contributed by atoms with Gasteiger partial charge in [0.15, 0.2) is 5.82 Å². The first-order valence-corrected chi connectivity index (χ1v) is 13.8. The zero-order chi connectivity index (χ0) is 29.4. The maximum atomic E-state index is 12.4. The molecule has 0 aliphatic heterocycles. The van der Waals surface area contributed by atoms with Crippen molar-refractivity contribution in [3.05, 3.63) is 89.7 Å². The van der Waals surface area contributed by atoms with Crippen LogP contribution in [0.3, 0.4) is 0 Å². The van der Waals surface area contributed by atoms with Gasteiger partial charge in [0.2, 0.25) is 0 Å². The van der Waals surface area contributed by atoms with E-state index >= 15 is 0 Å². The largest absolute Gasteiger partial charge is 0.573 e. The van der Waals surface area contributed by atoms with Gasteiger partial charge in [0, 0.05) is 30.1 Å². The number of hydrogen-bond acceptors (Lipinski definition) is 6. The van der Waals surface area contributed by atoms with Gasteiger partial charge in [-0.3, -0.25) is 4.72 Å². The number of amides is 2. The molecule has 0 saturated heterocycles. The minimum Gasteiger partial charge on any atom is -0.406 e. The molecule has 0 atom stereocenters. The van der Waals surface area contributed by atoms with Crippen LogP contribution in [0, 0.1) is 6.92 Å². The van der Waals surface area contributed by atoms with E-state index in [0.717, 1.165) is 11.1 Å². The van der Waals surface area contributed by atoms with Crippen molar-refractivity contribution in [3.63, 3.8) is 0 Å². The van der Waals surface area contributed by atoms with E-state index in [2.05, 4.69) is 69.1 Å². The quantitative estimate of drug-likeness (QED) is 0.140. The van der Waals surface area contributed by atoms with Gasteiger partial charge in [0.25, 0.3) is 0 Å². The van der Waals surface area contributed by atoms with E-state index in [-0.39, 0.29) is 11.8 Å². The molecular weight excluding hydrogens is 553 g/mol. The first kappa shape index (κ1) is 29.9. The Labute approximate surface area is 240 Å². The third kappa shape index (κ3) is 8.98. The number of ether oxygens (including phenoxy) is 1. The molecule has 8 nitrogen and oxygen atoms in total. The zero-order valence-electron chi connectivity index (χ0n) is 22.8. The van der Waals surface area contributed by atoms with Crippen LogP contribution in [0.1, 0.15) is 36.5 Å². The number of urea groups is 1. The molecule has 2 amide bonds. The highest BCUT2D eigenvalue weighted by atomic mass is 32.2. The van der Waals surface area contributed by atoms with Crippen molar-refractivity contribution in [2.75, 3.05) is 13.1 Å². The summed E-state index contributed by atoms with van der Waals surface area (Å²) in [5.41, 5.74) is 4.65. The van der Waals surface area contributed by atoms with Gasteiger partial charge < -0.3 is 15.4 Å². The number of nitrogens with one attached hydrogen (secondary N) is 3. The maximum absolute atomic E-state index is 12.4. The molecule has 0 saturated carbocycles. The highest BCUT2D eigenvalue weighted by Gasteiger charge is 2.31. The van der Waals surface area contributed by atoms with Gasteiger partial charge in [-0.05, 0) is 72.3 Å². The van der Waals surface area contributed by atoms with Gasteiger partial charge in [-0.25, -0.2) is 14.5 Å². The second-order valence-electron chi connectivity index (χ2n) is 9.56. The molecule has 0 unspecified atom stereocenters. The standard InChI is InChI=1S/C29H31F3N6O2S/c1-19(2)25-15-20(3)7-12-26(25)41-36-14-13-33-28(39)34-17-21-5-4-6-22(16-21)27-35-18-38(37-27)23-8-10-24(11-9-23)40-29(30,31)32/h4-12,15-16,18-19,36H,13-14,17H2,1-3H3,(H2,33,34,39). The monoisotopic (exact) mass is 584 g/mol. The third-order valence-electron chi connectivity index (χ3n) is 5.95. The summed E-state index contributed by atoms with van der Waals surface area (Å²) in [6.07, 6.45) is -3.28. The number of benzene rings is 3. The van der Waals surface area contributed by atoms with E-state index in [4.69, 9.17) is 0 Å². The number of aryl methyl sites for hydroxylation is 1. The highest BCUT2D eigenvalue weighted by Crippen LogP contribution is 2.28. The second kappa shape index (κ2) is 13.6. The lowest BCUT2D eigenvalue weighted by Crippen LogP contribution is -2.38. The predicted molar refractivity (Wildman–Crippen MR) is 153 cm³/mol. The Morgan fingerprint density at radius 2 is 1.80 bits per heavy atom. The van der Waals surface area contributed by atoms with Gasteiger partial charge in [-0.1, -0.05) is 49.7 Å². The van der Waals surface area contributed by atoms with Crippen LogP contribution in [-0.2, 0) is 6.54 Å². The molecule has 4 rings (SSSR count). The van der Waals surface area contributed by atoms with E-state index in [1.807, 2.05) is 24.3 Å². The van der Waals surface area contributed by atoms with Crippen molar-refractivity contribution in [3.8, 4) is 22.8 Å². The molecule has 1 heterocycles. The SMILES string of the molecule is Cc1ccc(SNCCNC(=O)NCc2cccc(-c3ncn(-c4ccc(OC(F)(F)F)cc4)n3)c2)c(C(C)C)c1. The molecule has 3 N–H and O–H groups in total. The lowest BCUT2D eigenvalue weighted by molar-refractivity contribution is -0.274. The van der Waals surface area contributed by atoms with Crippen molar-refractivity contribution < 1.29 is 22.7 Å². The number of aromatic nitrogens is 3. The Morgan fingerprint density at radius 3 is 2.54 bits per heavy atom. The smallest absolute Gasteiger partial charge is 0.406 e. The molecule has 1 aromatic heterocycles. The predicted octanol–water partition coefficient (Wildman–Crippen LogP) is 6.36. The molecule has 0 fully saturated rings. The number of carbonyl (C=O) groups excluding carboxylic acids is 1. The fourth-order valence-electron chi connectivity index (χ4n) is 3.95. The lowest BCUT2D eigenvalue weighted by atomic mass is 10.0. The molecule has 0 spiro atoms. The summed E-state index contributed by atoms with van der Waals surface area (Å²) in [4.78, 5) is 17.8. The molecule has 41 heavy (non-hydrogen) atoms. The summed E-state index contributed by atoms with van der Waals surface area (Å²) < 4.78 is 45.8. The van der Waals surface area contributed by atoms with Crippen LogP contribution >= 0.6 is 11.9 Å². The van der Waals surface area contributed by atoms with E-state index in [9.17, 15) is 18.0 Å². The highest BCUT2D eigenvalue weighted by molar-refractivity contribution is 7.97. The zero-order valence-corrected chi connectivity index (χ0v) is 23.6. The molecule has 0 radical (unpaired) electrons. The normalized spacial score (nSPS) is 11.5. The van der Waals surface area contributed by atoms with Crippen molar-refractivity contribution in [2.45, 2.75) is 44.5 Å². The van der Waals surface area contributed by atoms with Crippen LogP contribution in [0.2, 0.25) is 0 Å². The summed E-state index contributed by atoms with van der Waals surface area (Å²) >= 11 is 1.57. The Balaban J connectivity index is 1.23. The number of halogens is 3. The van der Waals surface area contributed by atoms with Gasteiger partial charge >= 0.3 is 12.4 Å². The van der Waals surface area contributed by atoms with Gasteiger partial charge in [-0.15, -0.1) is 18.3 Å². The average Bonchev–Trinajstić information content (AvgIpc) is 3.42. The fourth-order valence-corrected chi connectivity index (χ4v) is 4.86. The summed E-state index contributed by atoms with van der Waals surface area (Å²) in [6, 6.07) is 18.9. The summed E-state index contributed by atoms with van der Waals surface area (Å²) in [5, 5.41) is 10.1. The molecule has 4 aromatic rings. The Hall–Kier alpha value is -4.03. The van der Waals surface area contributed by atoms with Crippen LogP contribution in [0.5, 0.6) is 5.75 Å². The maximum Gasteiger partial charge on any atom is 0.573 e. The molecule has 0 aliphatic rings. The Morgan fingerprint density at radius 1 is 1.02 bits per heavy atom. The van der Waals surface area contributed by atoms with E-state index in [1.165, 1.54) is 51.3 Å². The van der Waals surface area contributed by atoms with Crippen LogP contribution in [0.15, 0.2) is 78.0 Å². The van der Waals surface area contributed by atoms with Crippen molar-refractivity contribution in [2.24, 2.45) is 0 Å². The summed E-state index contributed by atoms with van der Waals surface area (Å²) in [5.74, 6) is 0.545. The van der Waals surface area contributed by atoms with E-state index < -0.39 is 6.36 Å². The minimum absolute atomic E-state index is 0.277. The Bertz CT molecular complexity index is 1460. The molecule has 12 heteroatoms. The summed E-state index contributed by atoms with van der Waals surface area (Å²) in [7, 11) is 0. The summed E-state index contributed by atoms with van der Waals surface area (Å²) in [6.45, 7) is 7.81. The number of nitrogens with zero attached hydrogens (tertiary/aromatic N) is 3. The third-order valence-corrected chi connectivity index (χ3v) is 6.89. The van der Waals surface area contributed by atoms with Crippen LogP contribution < -0.4 is 20.1 Å². The topological polar surface area (TPSA) is 93.1 Å². The van der Waals surface area contributed by atoms with Crippen LogP contribution in [-0.4, -0.2) is 40.2 Å². The first-order chi connectivity index (χ1) is 19.6. The van der Waals surface area contributed by atoms with Crippen LogP contribution in [0.25, 0.3) is 17.1 Å². The number of hydrogen-bond donors (Lipinski definition) is 3. The second-order valence-corrected chi connectivity index (χ2v) is 10.5. The first-order valence-electron chi connectivity index (χ1n) is 13.0. The molecule has 0 bridgehead atoms. The van der Waals surface area contributed by atoms with E-state index in [0.29, 0.717) is 37.1 Å². The van der Waals surface area contributed by atoms with Crippen molar-refractivity contribution in [1.82, 2.24) is 30.1 Å². The van der Waals surface area contributed by atoms with Crippen molar-refractivity contribution >= 4 is 18.0 Å². The van der Waals surface area contributed by atoms with Gasteiger partial charge in [-0.2, -0.15) is 0 Å². The fraction of sp³-hybridized carbons (Fsp3) is 0.276. The molecule has 3 aromatic carbocycles. The van der Waals surface area contributed by atoms with E-state index in [1.54, 1.807) is 11.9 Å². The van der Waals surface area contributed by atoms with Crippen molar-refractivity contribution in [1.29, 1.82) is 0 Å². The minimum atomic E-state index is -4.75. The Kier molecular flexibility index (Phi) is 9.90. The molecular formula is C29H31F3N6O2S. The molecule has 216 valence electrons. The lowest BCUT2D eigenvalue weighted by Gasteiger charge is -2.14. The van der Waals surface area contributed by atoms with Gasteiger partial charge in [0.05, 0.1) is 5.69 Å². The molecule has 0 aliphatic carbocycles. The number of rotatable bonds is 11. The number of alkyl halides is 3. The number of carbonyl (C=O) groups is 1.